The van der Waals surface area contributed by atoms with Crippen LogP contribution in [-0.4, -0.2) is 35.3 Å². The summed E-state index contributed by atoms with van der Waals surface area (Å²) in [5, 5.41) is 13.2. The Bertz CT molecular complexity index is 196. The van der Waals surface area contributed by atoms with Crippen LogP contribution in [0.3, 0.4) is 0 Å². The van der Waals surface area contributed by atoms with Gasteiger partial charge in [0.2, 0.25) is 0 Å². The van der Waals surface area contributed by atoms with Crippen molar-refractivity contribution in [3.05, 3.63) is 0 Å². The third-order valence-electron chi connectivity index (χ3n) is 3.44. The molecule has 0 aliphatic heterocycles. The highest BCUT2D eigenvalue weighted by Crippen LogP contribution is 2.40. The summed E-state index contributed by atoms with van der Waals surface area (Å²) < 4.78 is 0. The van der Waals surface area contributed by atoms with Gasteiger partial charge >= 0.3 is 0 Å². The molecule has 2 N–H and O–H groups in total. The maximum atomic E-state index is 8.84. The number of aliphatic hydroxyl groups is 1. The number of thioether (sulfide) groups is 1. The lowest BCUT2D eigenvalue weighted by molar-refractivity contribution is 0.215. The SMILES string of the molecule is CCNC1CCC(C)(C)CC1SCCCO. The van der Waals surface area contributed by atoms with Gasteiger partial charge in [0.15, 0.2) is 0 Å². The third kappa shape index (κ3) is 4.64. The molecule has 0 amide bonds. The number of hydrogen-bond acceptors (Lipinski definition) is 3. The molecule has 2 unspecified atom stereocenters. The van der Waals surface area contributed by atoms with Crippen molar-refractivity contribution in [2.24, 2.45) is 5.41 Å². The lowest BCUT2D eigenvalue weighted by Gasteiger charge is -2.41. The van der Waals surface area contributed by atoms with Crippen molar-refractivity contribution >= 4 is 11.8 Å². The van der Waals surface area contributed by atoms with Crippen LogP contribution in [0, 0.1) is 5.41 Å². The molecular formula is C13H27NOS. The predicted octanol–water partition coefficient (Wildman–Crippen LogP) is 2.66. The Balaban J connectivity index is 2.43. The van der Waals surface area contributed by atoms with E-state index in [2.05, 4.69) is 26.1 Å². The van der Waals surface area contributed by atoms with E-state index in [9.17, 15) is 0 Å². The highest BCUT2D eigenvalue weighted by atomic mass is 32.2. The lowest BCUT2D eigenvalue weighted by atomic mass is 9.75. The van der Waals surface area contributed by atoms with E-state index in [1.807, 2.05) is 11.8 Å². The van der Waals surface area contributed by atoms with Gasteiger partial charge in [0.25, 0.3) is 0 Å². The smallest absolute Gasteiger partial charge is 0.0438 e. The van der Waals surface area contributed by atoms with Crippen LogP contribution in [0.15, 0.2) is 0 Å². The van der Waals surface area contributed by atoms with Crippen LogP contribution in [0.1, 0.15) is 46.5 Å². The molecule has 0 radical (unpaired) electrons. The van der Waals surface area contributed by atoms with Gasteiger partial charge in [-0.2, -0.15) is 11.8 Å². The average molecular weight is 245 g/mol. The van der Waals surface area contributed by atoms with Gasteiger partial charge in [0.05, 0.1) is 0 Å². The van der Waals surface area contributed by atoms with Gasteiger partial charge in [-0.15, -0.1) is 0 Å². The summed E-state index contributed by atoms with van der Waals surface area (Å²) in [5.41, 5.74) is 0.503. The van der Waals surface area contributed by atoms with Crippen molar-refractivity contribution in [2.75, 3.05) is 18.9 Å². The van der Waals surface area contributed by atoms with Crippen molar-refractivity contribution in [3.63, 3.8) is 0 Å². The maximum absolute atomic E-state index is 8.84. The van der Waals surface area contributed by atoms with Crippen LogP contribution >= 0.6 is 11.8 Å². The molecule has 0 spiro atoms. The quantitative estimate of drug-likeness (QED) is 0.706. The number of nitrogens with one attached hydrogen (secondary N) is 1. The fraction of sp³-hybridized carbons (Fsp3) is 1.00. The Labute approximate surface area is 105 Å². The predicted molar refractivity (Wildman–Crippen MR) is 73.0 cm³/mol. The first kappa shape index (κ1) is 14.3. The van der Waals surface area contributed by atoms with Crippen LogP contribution in [0.25, 0.3) is 0 Å². The van der Waals surface area contributed by atoms with Gasteiger partial charge in [-0.1, -0.05) is 20.8 Å². The van der Waals surface area contributed by atoms with E-state index in [1.165, 1.54) is 19.3 Å². The lowest BCUT2D eigenvalue weighted by Crippen LogP contribution is -2.44. The van der Waals surface area contributed by atoms with Crippen LogP contribution in [0.2, 0.25) is 0 Å². The summed E-state index contributed by atoms with van der Waals surface area (Å²) in [6.07, 6.45) is 4.88. The molecule has 1 saturated carbocycles. The largest absolute Gasteiger partial charge is 0.396 e. The van der Waals surface area contributed by atoms with E-state index in [4.69, 9.17) is 5.11 Å². The zero-order valence-corrected chi connectivity index (χ0v) is 11.8. The first-order valence-electron chi connectivity index (χ1n) is 6.55. The molecule has 16 heavy (non-hydrogen) atoms. The van der Waals surface area contributed by atoms with E-state index in [0.717, 1.165) is 24.0 Å². The Kier molecular flexibility index (Phi) is 6.16. The van der Waals surface area contributed by atoms with Crippen molar-refractivity contribution in [1.82, 2.24) is 5.32 Å². The second-order valence-corrected chi connectivity index (χ2v) is 6.90. The summed E-state index contributed by atoms with van der Waals surface area (Å²) in [7, 11) is 0. The van der Waals surface area contributed by atoms with Crippen LogP contribution < -0.4 is 5.32 Å². The van der Waals surface area contributed by atoms with Crippen LogP contribution in [-0.2, 0) is 0 Å². The molecule has 0 aromatic heterocycles. The molecule has 3 heteroatoms. The van der Waals surface area contributed by atoms with Crippen molar-refractivity contribution in [1.29, 1.82) is 0 Å². The van der Waals surface area contributed by atoms with E-state index < -0.39 is 0 Å². The van der Waals surface area contributed by atoms with Gasteiger partial charge in [-0.05, 0) is 43.4 Å². The average Bonchev–Trinajstić information content (AvgIpc) is 2.22. The Hall–Kier alpha value is 0.270. The Morgan fingerprint density at radius 2 is 2.19 bits per heavy atom. The molecule has 1 aliphatic rings. The maximum Gasteiger partial charge on any atom is 0.0438 e. The molecule has 1 rings (SSSR count). The zero-order chi connectivity index (χ0) is 12.0. The Morgan fingerprint density at radius 3 is 2.81 bits per heavy atom. The second-order valence-electron chi connectivity index (χ2n) is 5.56. The van der Waals surface area contributed by atoms with Crippen molar-refractivity contribution in [2.45, 2.75) is 57.7 Å². The molecule has 1 aliphatic carbocycles. The van der Waals surface area contributed by atoms with E-state index >= 15 is 0 Å². The summed E-state index contributed by atoms with van der Waals surface area (Å²) in [5.74, 6) is 1.10. The normalized spacial score (nSPS) is 29.2. The van der Waals surface area contributed by atoms with Gasteiger partial charge in [0.1, 0.15) is 0 Å². The van der Waals surface area contributed by atoms with Crippen molar-refractivity contribution in [3.8, 4) is 0 Å². The highest BCUT2D eigenvalue weighted by Gasteiger charge is 2.34. The highest BCUT2D eigenvalue weighted by molar-refractivity contribution is 7.99. The Morgan fingerprint density at radius 1 is 1.44 bits per heavy atom. The minimum Gasteiger partial charge on any atom is -0.396 e. The fourth-order valence-electron chi connectivity index (χ4n) is 2.49. The molecule has 1 fully saturated rings. The van der Waals surface area contributed by atoms with Gasteiger partial charge in [-0.3, -0.25) is 0 Å². The molecule has 96 valence electrons. The summed E-state index contributed by atoms with van der Waals surface area (Å²) in [4.78, 5) is 0. The van der Waals surface area contributed by atoms with Crippen LogP contribution in [0.4, 0.5) is 0 Å². The number of hydrogen-bond donors (Lipinski definition) is 2. The molecular weight excluding hydrogens is 218 g/mol. The summed E-state index contributed by atoms with van der Waals surface area (Å²) >= 11 is 2.05. The molecule has 2 nitrogen and oxygen atoms in total. The number of aliphatic hydroxyl groups excluding tert-OH is 1. The molecule has 0 aromatic rings. The third-order valence-corrected chi connectivity index (χ3v) is 4.88. The molecule has 0 heterocycles. The van der Waals surface area contributed by atoms with Crippen LogP contribution in [0.5, 0.6) is 0 Å². The van der Waals surface area contributed by atoms with E-state index in [1.54, 1.807) is 0 Å². The topological polar surface area (TPSA) is 32.3 Å². The van der Waals surface area contributed by atoms with Crippen molar-refractivity contribution < 1.29 is 5.11 Å². The summed E-state index contributed by atoms with van der Waals surface area (Å²) in [6.45, 7) is 8.36. The first-order chi connectivity index (χ1) is 7.59. The minimum absolute atomic E-state index is 0.328. The van der Waals surface area contributed by atoms with Gasteiger partial charge < -0.3 is 10.4 Å². The molecule has 0 aromatic carbocycles. The van der Waals surface area contributed by atoms with E-state index in [-0.39, 0.29) is 0 Å². The summed E-state index contributed by atoms with van der Waals surface area (Å²) in [6, 6.07) is 0.682. The standard InChI is InChI=1S/C13H27NOS/c1-4-14-11-6-7-13(2,3)10-12(11)16-9-5-8-15/h11-12,14-15H,4-10H2,1-3H3. The fourth-order valence-corrected chi connectivity index (χ4v) is 4.12. The molecule has 0 bridgehead atoms. The minimum atomic E-state index is 0.328. The monoisotopic (exact) mass is 245 g/mol. The van der Waals surface area contributed by atoms with Gasteiger partial charge in [0, 0.05) is 17.9 Å². The number of rotatable bonds is 6. The molecule has 0 saturated heterocycles. The second kappa shape index (κ2) is 6.87. The zero-order valence-electron chi connectivity index (χ0n) is 11.0. The molecule has 2 atom stereocenters. The first-order valence-corrected chi connectivity index (χ1v) is 7.60. The van der Waals surface area contributed by atoms with Gasteiger partial charge in [-0.25, -0.2) is 0 Å². The van der Waals surface area contributed by atoms with E-state index in [0.29, 0.717) is 18.1 Å².